The van der Waals surface area contributed by atoms with E-state index in [0.717, 1.165) is 36.0 Å². The fourth-order valence-corrected chi connectivity index (χ4v) is 7.24. The van der Waals surface area contributed by atoms with E-state index < -0.39 is 11.4 Å². The second-order valence-electron chi connectivity index (χ2n) is 10.7. The van der Waals surface area contributed by atoms with Crippen molar-refractivity contribution in [2.24, 2.45) is 51.8 Å². The second-order valence-corrected chi connectivity index (χ2v) is 10.7. The molecule has 0 heterocycles. The highest BCUT2D eigenvalue weighted by Gasteiger charge is 2.69. The number of carboxylic acid groups (broad SMARTS) is 1. The lowest BCUT2D eigenvalue weighted by Gasteiger charge is -2.50. The molecular formula is C21H32O2. The lowest BCUT2D eigenvalue weighted by atomic mass is 9.54. The third-order valence-electron chi connectivity index (χ3n) is 8.26. The smallest absolute Gasteiger partial charge is 0.309 e. The van der Waals surface area contributed by atoms with Crippen LogP contribution in [-0.2, 0) is 4.79 Å². The summed E-state index contributed by atoms with van der Waals surface area (Å²) in [7, 11) is 0. The van der Waals surface area contributed by atoms with E-state index in [1.807, 2.05) is 13.8 Å². The molecule has 0 aromatic heterocycles. The molecule has 0 aliphatic heterocycles. The fraction of sp³-hybridized carbons (Fsp3) is 0.857. The zero-order valence-corrected chi connectivity index (χ0v) is 15.3. The van der Waals surface area contributed by atoms with Crippen molar-refractivity contribution in [3.8, 4) is 0 Å². The maximum absolute atomic E-state index is 11.6. The maximum Gasteiger partial charge on any atom is 0.309 e. The van der Waals surface area contributed by atoms with Gasteiger partial charge in [0.1, 0.15) is 0 Å². The van der Waals surface area contributed by atoms with E-state index in [1.165, 1.54) is 19.3 Å². The number of hydrogen-bond donors (Lipinski definition) is 1. The number of carboxylic acids is 1. The lowest BCUT2D eigenvalue weighted by molar-refractivity contribution is -0.148. The zero-order chi connectivity index (χ0) is 16.8. The van der Waals surface area contributed by atoms with Crippen molar-refractivity contribution < 1.29 is 9.90 Å². The minimum absolute atomic E-state index is 0.314. The third kappa shape index (κ3) is 1.90. The number of hydrogen-bond acceptors (Lipinski definition) is 1. The number of allylic oxidation sites excluding steroid dienone is 2. The zero-order valence-electron chi connectivity index (χ0n) is 15.3. The van der Waals surface area contributed by atoms with Gasteiger partial charge >= 0.3 is 5.97 Å². The van der Waals surface area contributed by atoms with Crippen molar-refractivity contribution in [2.45, 2.75) is 60.3 Å². The molecule has 0 aromatic carbocycles. The Morgan fingerprint density at radius 1 is 1.22 bits per heavy atom. The van der Waals surface area contributed by atoms with E-state index in [4.69, 9.17) is 0 Å². The number of fused-ring (bicyclic) bond motifs is 9. The third-order valence-corrected chi connectivity index (χ3v) is 8.26. The summed E-state index contributed by atoms with van der Waals surface area (Å²) in [6.45, 7) is 11.1. The van der Waals surface area contributed by atoms with Crippen molar-refractivity contribution in [1.82, 2.24) is 0 Å². The molecule has 4 rings (SSSR count). The molecule has 1 N–H and O–H groups in total. The second kappa shape index (κ2) is 4.43. The van der Waals surface area contributed by atoms with Gasteiger partial charge in [0.05, 0.1) is 5.41 Å². The first-order valence-corrected chi connectivity index (χ1v) is 9.50. The van der Waals surface area contributed by atoms with E-state index >= 15 is 0 Å². The van der Waals surface area contributed by atoms with Gasteiger partial charge in [0, 0.05) is 0 Å². The van der Waals surface area contributed by atoms with E-state index in [-0.39, 0.29) is 0 Å². The molecule has 0 saturated heterocycles. The molecule has 23 heavy (non-hydrogen) atoms. The molecule has 0 amide bonds. The van der Waals surface area contributed by atoms with Gasteiger partial charge in [-0.2, -0.15) is 0 Å². The van der Waals surface area contributed by atoms with Crippen LogP contribution in [0.3, 0.4) is 0 Å². The molecule has 3 fully saturated rings. The van der Waals surface area contributed by atoms with Gasteiger partial charge < -0.3 is 5.11 Å². The van der Waals surface area contributed by atoms with Crippen LogP contribution in [0.1, 0.15) is 60.3 Å². The minimum Gasteiger partial charge on any atom is -0.481 e. The van der Waals surface area contributed by atoms with E-state index in [1.54, 1.807) is 0 Å². The average Bonchev–Trinajstić information content (AvgIpc) is 3.14. The Morgan fingerprint density at radius 3 is 2.52 bits per heavy atom. The molecule has 0 aromatic rings. The summed E-state index contributed by atoms with van der Waals surface area (Å²) < 4.78 is 0. The molecule has 7 unspecified atom stereocenters. The number of carbonyl (C=O) groups is 1. The first-order chi connectivity index (χ1) is 10.6. The van der Waals surface area contributed by atoms with Gasteiger partial charge in [-0.1, -0.05) is 32.9 Å². The quantitative estimate of drug-likeness (QED) is 0.588. The van der Waals surface area contributed by atoms with Gasteiger partial charge in [-0.15, -0.1) is 0 Å². The van der Waals surface area contributed by atoms with Gasteiger partial charge in [0.2, 0.25) is 0 Å². The normalized spacial score (nSPS) is 47.3. The highest BCUT2D eigenvalue weighted by Crippen LogP contribution is 2.75. The van der Waals surface area contributed by atoms with Crippen LogP contribution in [0.15, 0.2) is 12.2 Å². The van der Waals surface area contributed by atoms with Gasteiger partial charge in [-0.05, 0) is 85.9 Å². The number of rotatable bonds is 3. The Balaban J connectivity index is 1.64. The molecule has 2 nitrogen and oxygen atoms in total. The molecule has 4 aliphatic carbocycles. The van der Waals surface area contributed by atoms with Crippen LogP contribution in [0, 0.1) is 51.8 Å². The van der Waals surface area contributed by atoms with Crippen molar-refractivity contribution in [2.75, 3.05) is 0 Å². The molecule has 4 bridgehead atoms. The van der Waals surface area contributed by atoms with Crippen molar-refractivity contribution in [3.05, 3.63) is 12.2 Å². The molecule has 0 radical (unpaired) electrons. The van der Waals surface area contributed by atoms with Gasteiger partial charge in [0.15, 0.2) is 0 Å². The van der Waals surface area contributed by atoms with Crippen LogP contribution >= 0.6 is 0 Å². The summed E-state index contributed by atoms with van der Waals surface area (Å²) in [6, 6.07) is 0. The molecule has 0 spiro atoms. The minimum atomic E-state index is -0.629. The first-order valence-electron chi connectivity index (χ1n) is 9.50. The fourth-order valence-electron chi connectivity index (χ4n) is 7.24. The van der Waals surface area contributed by atoms with Crippen LogP contribution in [-0.4, -0.2) is 11.1 Å². The lowest BCUT2D eigenvalue weighted by Crippen LogP contribution is -2.44. The van der Waals surface area contributed by atoms with Gasteiger partial charge in [-0.25, -0.2) is 0 Å². The Hall–Kier alpha value is -0.790. The topological polar surface area (TPSA) is 37.3 Å². The Labute approximate surface area is 140 Å². The molecule has 7 atom stereocenters. The van der Waals surface area contributed by atoms with E-state index in [0.29, 0.717) is 16.7 Å². The largest absolute Gasteiger partial charge is 0.481 e. The van der Waals surface area contributed by atoms with Crippen LogP contribution in [0.2, 0.25) is 0 Å². The summed E-state index contributed by atoms with van der Waals surface area (Å²) in [5.74, 6) is 4.13. The molecule has 128 valence electrons. The number of aliphatic carboxylic acids is 1. The van der Waals surface area contributed by atoms with Gasteiger partial charge in [0.25, 0.3) is 0 Å². The molecule has 4 aliphatic rings. The highest BCUT2D eigenvalue weighted by molar-refractivity contribution is 5.73. The first kappa shape index (κ1) is 15.7. The average molecular weight is 316 g/mol. The molecule has 3 saturated carbocycles. The Bertz CT molecular complexity index is 567. The predicted molar refractivity (Wildman–Crippen MR) is 91.9 cm³/mol. The highest BCUT2D eigenvalue weighted by atomic mass is 16.4. The van der Waals surface area contributed by atoms with Gasteiger partial charge in [-0.3, -0.25) is 4.79 Å². The summed E-state index contributed by atoms with van der Waals surface area (Å²) in [6.07, 6.45) is 9.97. The molecule has 2 heteroatoms. The monoisotopic (exact) mass is 316 g/mol. The van der Waals surface area contributed by atoms with Crippen LogP contribution in [0.25, 0.3) is 0 Å². The summed E-state index contributed by atoms with van der Waals surface area (Å²) in [5.41, 5.74) is 0.107. The summed E-state index contributed by atoms with van der Waals surface area (Å²) in [5, 5.41) is 9.53. The van der Waals surface area contributed by atoms with Crippen LogP contribution in [0.5, 0.6) is 0 Å². The summed E-state index contributed by atoms with van der Waals surface area (Å²) >= 11 is 0. The maximum atomic E-state index is 11.6. The predicted octanol–water partition coefficient (Wildman–Crippen LogP) is 5.00. The molecular weight excluding hydrogens is 284 g/mol. The summed E-state index contributed by atoms with van der Waals surface area (Å²) in [4.78, 5) is 11.6. The van der Waals surface area contributed by atoms with Crippen LogP contribution in [0.4, 0.5) is 0 Å². The van der Waals surface area contributed by atoms with Crippen molar-refractivity contribution in [1.29, 1.82) is 0 Å². The van der Waals surface area contributed by atoms with E-state index in [2.05, 4.69) is 32.9 Å². The Morgan fingerprint density at radius 2 is 1.91 bits per heavy atom. The van der Waals surface area contributed by atoms with Crippen molar-refractivity contribution in [3.63, 3.8) is 0 Å². The Kier molecular flexibility index (Phi) is 3.03. The SMILES string of the molecule is CC(C)(CC1CC2CC1C1C2C2C=CC1(C(C)(C)C)C2)C(=O)O. The standard InChI is InChI=1S/C21H32O2/c1-19(2,3)21-7-6-12(11-21)16-13-8-14(15(9-13)17(16)21)10-20(4,5)18(22)23/h6-7,12-17H,8-11H2,1-5H3,(H,22,23). The van der Waals surface area contributed by atoms with Crippen molar-refractivity contribution >= 4 is 5.97 Å². The van der Waals surface area contributed by atoms with E-state index in [9.17, 15) is 9.90 Å². The van der Waals surface area contributed by atoms with Crippen LogP contribution < -0.4 is 0 Å².